The average molecular weight is 271 g/mol. The molecule has 112 valence electrons. The van der Waals surface area contributed by atoms with Crippen LogP contribution in [0, 0.1) is 5.92 Å². The summed E-state index contributed by atoms with van der Waals surface area (Å²) >= 11 is 0. The molecule has 0 atom stereocenters. The van der Waals surface area contributed by atoms with Gasteiger partial charge >= 0.3 is 6.03 Å². The lowest BCUT2D eigenvalue weighted by Gasteiger charge is -2.40. The van der Waals surface area contributed by atoms with Crippen molar-refractivity contribution in [3.63, 3.8) is 0 Å². The number of amides is 2. The Bertz CT molecular complexity index is 274. The summed E-state index contributed by atoms with van der Waals surface area (Å²) in [6.45, 7) is 13.4. The van der Waals surface area contributed by atoms with Gasteiger partial charge in [0.15, 0.2) is 0 Å². The third kappa shape index (κ3) is 6.25. The van der Waals surface area contributed by atoms with E-state index in [9.17, 15) is 4.79 Å². The first-order valence-corrected chi connectivity index (χ1v) is 7.26. The zero-order valence-corrected chi connectivity index (χ0v) is 12.8. The summed E-state index contributed by atoms with van der Waals surface area (Å²) in [6, 6.07) is -0.0676. The van der Waals surface area contributed by atoms with Crippen molar-refractivity contribution in [2.24, 2.45) is 5.92 Å². The Balaban J connectivity index is 2.23. The summed E-state index contributed by atoms with van der Waals surface area (Å²) in [5.41, 5.74) is -0.0286. The van der Waals surface area contributed by atoms with Crippen LogP contribution < -0.4 is 10.6 Å². The molecule has 1 saturated heterocycles. The molecule has 5 heteroatoms. The number of ether oxygens (including phenoxy) is 1. The van der Waals surface area contributed by atoms with E-state index in [1.807, 2.05) is 0 Å². The molecule has 19 heavy (non-hydrogen) atoms. The van der Waals surface area contributed by atoms with Crippen molar-refractivity contribution in [3.8, 4) is 0 Å². The van der Waals surface area contributed by atoms with Crippen LogP contribution in [-0.4, -0.2) is 55.9 Å². The molecule has 2 N–H and O–H groups in total. The van der Waals surface area contributed by atoms with E-state index in [0.29, 0.717) is 12.5 Å². The molecule has 0 bridgehead atoms. The van der Waals surface area contributed by atoms with Gasteiger partial charge in [-0.2, -0.15) is 0 Å². The lowest BCUT2D eigenvalue weighted by molar-refractivity contribution is -0.00874. The van der Waals surface area contributed by atoms with Gasteiger partial charge in [-0.05, 0) is 26.2 Å². The molecule has 0 unspecified atom stereocenters. The second-order valence-electron chi connectivity index (χ2n) is 6.20. The van der Waals surface area contributed by atoms with Gasteiger partial charge in [0.05, 0.1) is 13.2 Å². The third-order valence-electron chi connectivity index (χ3n) is 3.56. The number of nitrogens with zero attached hydrogens (tertiary/aromatic N) is 1. The molecule has 1 fully saturated rings. The van der Waals surface area contributed by atoms with Crippen LogP contribution in [0.3, 0.4) is 0 Å². The fourth-order valence-electron chi connectivity index (χ4n) is 2.11. The van der Waals surface area contributed by atoms with E-state index >= 15 is 0 Å². The molecular formula is C14H29N3O2. The Hall–Kier alpha value is -0.810. The largest absolute Gasteiger partial charge is 0.379 e. The Labute approximate surface area is 117 Å². The molecule has 0 aliphatic carbocycles. The molecule has 0 radical (unpaired) electrons. The Kier molecular flexibility index (Phi) is 6.58. The second kappa shape index (κ2) is 7.70. The molecular weight excluding hydrogens is 242 g/mol. The normalized spacial score (nSPS) is 17.5. The number of carbonyl (C=O) groups excluding carboxylic acids is 1. The highest BCUT2D eigenvalue weighted by Gasteiger charge is 2.28. The number of carbonyl (C=O) groups is 1. The summed E-state index contributed by atoms with van der Waals surface area (Å²) in [5.74, 6) is 0.616. The van der Waals surface area contributed by atoms with Crippen molar-refractivity contribution in [1.29, 1.82) is 0 Å². The van der Waals surface area contributed by atoms with Crippen LogP contribution in [0.1, 0.15) is 34.1 Å². The van der Waals surface area contributed by atoms with Gasteiger partial charge in [-0.15, -0.1) is 0 Å². The lowest BCUT2D eigenvalue weighted by atomic mass is 10.0. The molecule has 1 aliphatic rings. The first-order chi connectivity index (χ1) is 8.92. The van der Waals surface area contributed by atoms with E-state index in [-0.39, 0.29) is 11.6 Å². The number of rotatable bonds is 6. The Morgan fingerprint density at radius 3 is 2.47 bits per heavy atom. The van der Waals surface area contributed by atoms with Crippen molar-refractivity contribution >= 4 is 6.03 Å². The molecule has 1 aliphatic heterocycles. The minimum atomic E-state index is -0.0676. The monoisotopic (exact) mass is 271 g/mol. The fraction of sp³-hybridized carbons (Fsp3) is 0.929. The van der Waals surface area contributed by atoms with Crippen LogP contribution in [0.2, 0.25) is 0 Å². The summed E-state index contributed by atoms with van der Waals surface area (Å²) in [5, 5.41) is 5.86. The quantitative estimate of drug-likeness (QED) is 0.768. The van der Waals surface area contributed by atoms with Gasteiger partial charge in [0.2, 0.25) is 0 Å². The molecule has 0 spiro atoms. The predicted molar refractivity (Wildman–Crippen MR) is 77.3 cm³/mol. The highest BCUT2D eigenvalue weighted by atomic mass is 16.5. The predicted octanol–water partition coefficient (Wildman–Crippen LogP) is 1.44. The summed E-state index contributed by atoms with van der Waals surface area (Å²) in [7, 11) is 0. The van der Waals surface area contributed by atoms with Crippen LogP contribution in [0.5, 0.6) is 0 Å². The van der Waals surface area contributed by atoms with Crippen LogP contribution in [-0.2, 0) is 4.74 Å². The van der Waals surface area contributed by atoms with Crippen LogP contribution in [0.25, 0.3) is 0 Å². The summed E-state index contributed by atoms with van der Waals surface area (Å²) in [4.78, 5) is 14.1. The van der Waals surface area contributed by atoms with E-state index in [2.05, 4.69) is 43.2 Å². The smallest absolute Gasteiger partial charge is 0.314 e. The van der Waals surface area contributed by atoms with E-state index in [0.717, 1.165) is 39.3 Å². The van der Waals surface area contributed by atoms with Gasteiger partial charge in [-0.1, -0.05) is 13.8 Å². The van der Waals surface area contributed by atoms with Gasteiger partial charge < -0.3 is 15.4 Å². The van der Waals surface area contributed by atoms with Crippen LogP contribution in [0.4, 0.5) is 4.79 Å². The van der Waals surface area contributed by atoms with Gasteiger partial charge in [0, 0.05) is 31.7 Å². The van der Waals surface area contributed by atoms with E-state index in [4.69, 9.17) is 4.74 Å². The maximum atomic E-state index is 11.7. The molecule has 0 aromatic rings. The van der Waals surface area contributed by atoms with Crippen LogP contribution >= 0.6 is 0 Å². The van der Waals surface area contributed by atoms with Crippen molar-refractivity contribution in [2.45, 2.75) is 39.7 Å². The standard InChI is InChI=1S/C14H29N3O2/c1-12(2)5-6-15-13(18)16-11-14(3,4)17-7-9-19-10-8-17/h12H,5-11H2,1-4H3,(H2,15,16,18). The fourth-order valence-corrected chi connectivity index (χ4v) is 2.11. The van der Waals surface area contributed by atoms with Crippen LogP contribution in [0.15, 0.2) is 0 Å². The Morgan fingerprint density at radius 1 is 1.26 bits per heavy atom. The van der Waals surface area contributed by atoms with E-state index in [1.54, 1.807) is 0 Å². The molecule has 1 rings (SSSR count). The highest BCUT2D eigenvalue weighted by molar-refractivity contribution is 5.73. The number of morpholine rings is 1. The maximum Gasteiger partial charge on any atom is 0.314 e. The van der Waals surface area contributed by atoms with Gasteiger partial charge in [0.25, 0.3) is 0 Å². The topological polar surface area (TPSA) is 53.6 Å². The van der Waals surface area contributed by atoms with Gasteiger partial charge in [-0.25, -0.2) is 4.79 Å². The third-order valence-corrected chi connectivity index (χ3v) is 3.56. The summed E-state index contributed by atoms with van der Waals surface area (Å²) < 4.78 is 5.35. The lowest BCUT2D eigenvalue weighted by Crippen LogP contribution is -2.56. The summed E-state index contributed by atoms with van der Waals surface area (Å²) in [6.07, 6.45) is 1.01. The number of urea groups is 1. The number of nitrogens with one attached hydrogen (secondary N) is 2. The van der Waals surface area contributed by atoms with E-state index in [1.165, 1.54) is 0 Å². The number of hydrogen-bond acceptors (Lipinski definition) is 3. The minimum absolute atomic E-state index is 0.0286. The maximum absolute atomic E-state index is 11.7. The highest BCUT2D eigenvalue weighted by Crippen LogP contribution is 2.14. The zero-order valence-electron chi connectivity index (χ0n) is 12.8. The molecule has 5 nitrogen and oxygen atoms in total. The van der Waals surface area contributed by atoms with E-state index < -0.39 is 0 Å². The molecule has 1 heterocycles. The van der Waals surface area contributed by atoms with Gasteiger partial charge in [-0.3, -0.25) is 4.90 Å². The first-order valence-electron chi connectivity index (χ1n) is 7.26. The Morgan fingerprint density at radius 2 is 1.89 bits per heavy atom. The van der Waals surface area contributed by atoms with Crippen molar-refractivity contribution < 1.29 is 9.53 Å². The second-order valence-corrected chi connectivity index (χ2v) is 6.20. The number of hydrogen-bond donors (Lipinski definition) is 2. The van der Waals surface area contributed by atoms with Gasteiger partial charge in [0.1, 0.15) is 0 Å². The molecule has 0 aromatic carbocycles. The minimum Gasteiger partial charge on any atom is -0.379 e. The molecule has 2 amide bonds. The molecule has 0 saturated carbocycles. The SMILES string of the molecule is CC(C)CCNC(=O)NCC(C)(C)N1CCOCC1. The van der Waals surface area contributed by atoms with Crippen molar-refractivity contribution in [2.75, 3.05) is 39.4 Å². The first kappa shape index (κ1) is 16.2. The van der Waals surface area contributed by atoms with Crippen molar-refractivity contribution in [3.05, 3.63) is 0 Å². The average Bonchev–Trinajstić information content (AvgIpc) is 2.37. The molecule has 0 aromatic heterocycles. The zero-order chi connectivity index (χ0) is 14.3. The van der Waals surface area contributed by atoms with Crippen molar-refractivity contribution in [1.82, 2.24) is 15.5 Å².